The molecule has 52 heavy (non-hydrogen) atoms. The Morgan fingerprint density at radius 1 is 1.10 bits per heavy atom. The van der Waals surface area contributed by atoms with E-state index in [4.69, 9.17) is 28.3 Å². The Labute approximate surface area is 311 Å². The average Bonchev–Trinajstić information content (AvgIpc) is 3.80. The predicted molar refractivity (Wildman–Crippen MR) is 199 cm³/mol. The lowest BCUT2D eigenvalue weighted by atomic mass is 9.95. The molecule has 2 aliphatic heterocycles. The van der Waals surface area contributed by atoms with Crippen LogP contribution >= 0.6 is 23.2 Å². The molecule has 1 amide bonds. The van der Waals surface area contributed by atoms with Gasteiger partial charge in [-0.15, -0.1) is 5.10 Å². The lowest BCUT2D eigenvalue weighted by molar-refractivity contribution is -0.134. The van der Waals surface area contributed by atoms with Crippen molar-refractivity contribution in [2.45, 2.75) is 64.3 Å². The van der Waals surface area contributed by atoms with E-state index in [9.17, 15) is 19.6 Å². The molecule has 3 aromatic carbocycles. The van der Waals surface area contributed by atoms with Gasteiger partial charge in [0.25, 0.3) is 0 Å². The number of nitrogens with one attached hydrogen (secondary N) is 2. The monoisotopic (exact) mass is 741 g/mol. The normalized spacial score (nSPS) is 15.8. The van der Waals surface area contributed by atoms with Crippen molar-refractivity contribution in [1.29, 1.82) is 5.26 Å². The van der Waals surface area contributed by atoms with Crippen molar-refractivity contribution in [2.75, 3.05) is 30.3 Å². The van der Waals surface area contributed by atoms with Crippen LogP contribution in [0.4, 0.5) is 21.5 Å². The minimum absolute atomic E-state index is 0.0625. The van der Waals surface area contributed by atoms with Gasteiger partial charge in [-0.1, -0.05) is 46.6 Å². The van der Waals surface area contributed by atoms with Crippen LogP contribution in [0.5, 0.6) is 0 Å². The number of fused-ring (bicyclic) bond motifs is 2. The van der Waals surface area contributed by atoms with E-state index in [2.05, 4.69) is 52.6 Å². The number of carbonyl (C=O) groups is 1. The molecule has 3 N–H and O–H groups in total. The molecule has 2 aliphatic rings. The minimum atomic E-state index is -0.567. The second-order valence-electron chi connectivity index (χ2n) is 14.2. The van der Waals surface area contributed by atoms with Crippen molar-refractivity contribution < 1.29 is 14.3 Å². The number of rotatable bonds is 8. The van der Waals surface area contributed by atoms with Gasteiger partial charge in [-0.25, -0.2) is 9.07 Å². The lowest BCUT2D eigenvalue weighted by Crippen LogP contribution is -2.46. The van der Waals surface area contributed by atoms with Crippen molar-refractivity contribution in [3.05, 3.63) is 105 Å². The number of nitrogens with zero attached hydrogens (tertiary/aromatic N) is 7. The number of halogens is 3. The summed E-state index contributed by atoms with van der Waals surface area (Å²) < 4.78 is 15.9. The van der Waals surface area contributed by atoms with E-state index in [0.29, 0.717) is 51.8 Å². The fraction of sp³-hybridized carbons (Fsp3) is 0.342. The number of benzene rings is 3. The van der Waals surface area contributed by atoms with E-state index in [1.54, 1.807) is 11.0 Å². The second kappa shape index (κ2) is 14.3. The number of carbonyl (C=O) groups excluding carboxylic acids is 1. The van der Waals surface area contributed by atoms with E-state index >= 15 is 0 Å². The quantitative estimate of drug-likeness (QED) is 0.149. The third-order valence-electron chi connectivity index (χ3n) is 9.97. The molecule has 1 saturated heterocycles. The van der Waals surface area contributed by atoms with E-state index < -0.39 is 18.5 Å². The fourth-order valence-electron chi connectivity index (χ4n) is 7.16. The van der Waals surface area contributed by atoms with Gasteiger partial charge in [0.2, 0.25) is 5.91 Å². The van der Waals surface area contributed by atoms with Gasteiger partial charge < -0.3 is 20.6 Å². The topological polar surface area (TPSA) is 135 Å². The van der Waals surface area contributed by atoms with Gasteiger partial charge in [-0.05, 0) is 80.6 Å². The Kier molecular flexibility index (Phi) is 9.80. The highest BCUT2D eigenvalue weighted by Crippen LogP contribution is 2.39. The van der Waals surface area contributed by atoms with Crippen LogP contribution in [0.1, 0.15) is 73.6 Å². The van der Waals surface area contributed by atoms with Crippen molar-refractivity contribution in [2.24, 2.45) is 0 Å². The van der Waals surface area contributed by atoms with Gasteiger partial charge in [-0.2, -0.15) is 5.26 Å². The highest BCUT2D eigenvalue weighted by Gasteiger charge is 2.32. The van der Waals surface area contributed by atoms with Crippen LogP contribution in [0.3, 0.4) is 0 Å². The zero-order valence-electron chi connectivity index (χ0n) is 29.0. The fourth-order valence-corrected chi connectivity index (χ4v) is 7.60. The Morgan fingerprint density at radius 3 is 2.58 bits per heavy atom. The summed E-state index contributed by atoms with van der Waals surface area (Å²) in [5, 5.41) is 36.7. The third kappa shape index (κ3) is 7.01. The zero-order valence-corrected chi connectivity index (χ0v) is 30.5. The lowest BCUT2D eigenvalue weighted by Gasteiger charge is -2.40. The first kappa shape index (κ1) is 35.6. The Balaban J connectivity index is 1.29. The standard InChI is InChI=1S/C38H38Cl2FN9O2/c1-38(2,3)49-11-9-26(10-12-49)50-20-33(46-47-50)37(27-6-4-5-22-18-48(19-29(22)27)34(52)21-51)45-25-13-28-35(44-24-7-8-32(41)30(39)14-24)23(16-42)17-43-36(28)31(40)15-25/h4-8,13-15,17,20,26,37,45,51H,9-12,18-19,21H2,1-3H3,(H,43,44)/t37-/m0/s1. The van der Waals surface area contributed by atoms with E-state index in [-0.39, 0.29) is 28.1 Å². The van der Waals surface area contributed by atoms with Gasteiger partial charge >= 0.3 is 0 Å². The van der Waals surface area contributed by atoms with Gasteiger partial charge in [0.1, 0.15) is 24.2 Å². The molecular formula is C38H38Cl2FN9O2. The number of nitriles is 1. The highest BCUT2D eigenvalue weighted by atomic mass is 35.5. The van der Waals surface area contributed by atoms with Gasteiger partial charge in [0, 0.05) is 54.7 Å². The zero-order chi connectivity index (χ0) is 36.7. The molecule has 4 heterocycles. The Hall–Kier alpha value is -4.80. The second-order valence-corrected chi connectivity index (χ2v) is 15.1. The number of piperidine rings is 1. The van der Waals surface area contributed by atoms with Crippen LogP contribution in [-0.4, -0.2) is 66.0 Å². The molecule has 1 atom stereocenters. The number of likely N-dealkylation sites (tertiary alicyclic amines) is 1. The van der Waals surface area contributed by atoms with Crippen LogP contribution in [0.25, 0.3) is 10.9 Å². The molecule has 2 aromatic heterocycles. The molecule has 5 aromatic rings. The average molecular weight is 743 g/mol. The van der Waals surface area contributed by atoms with Crippen molar-refractivity contribution >= 4 is 57.1 Å². The summed E-state index contributed by atoms with van der Waals surface area (Å²) in [6.07, 6.45) is 5.32. The van der Waals surface area contributed by atoms with E-state index in [1.807, 2.05) is 35.1 Å². The SMILES string of the molecule is CC(C)(C)N1CCC(n2cc([C@@H](Nc3cc(Cl)c4ncc(C#N)c(Nc5ccc(F)c(Cl)c5)c4c3)c3cccc4c3CN(C(=O)CO)C4)nn2)CC1. The summed E-state index contributed by atoms with van der Waals surface area (Å²) in [6, 6.07) is 15.7. The molecule has 1 fully saturated rings. The van der Waals surface area contributed by atoms with Crippen LogP contribution in [0.2, 0.25) is 10.0 Å². The first-order valence-electron chi connectivity index (χ1n) is 17.1. The van der Waals surface area contributed by atoms with Crippen molar-refractivity contribution in [1.82, 2.24) is 29.8 Å². The number of hydrogen-bond donors (Lipinski definition) is 3. The molecule has 0 bridgehead atoms. The summed E-state index contributed by atoms with van der Waals surface area (Å²) in [6.45, 7) is 8.78. The highest BCUT2D eigenvalue weighted by molar-refractivity contribution is 6.36. The predicted octanol–water partition coefficient (Wildman–Crippen LogP) is 7.36. The van der Waals surface area contributed by atoms with Gasteiger partial charge in [0.15, 0.2) is 0 Å². The maximum Gasteiger partial charge on any atom is 0.248 e. The first-order chi connectivity index (χ1) is 24.9. The summed E-state index contributed by atoms with van der Waals surface area (Å²) >= 11 is 13.0. The number of aromatic nitrogens is 4. The van der Waals surface area contributed by atoms with E-state index in [1.165, 1.54) is 24.4 Å². The molecule has 0 radical (unpaired) electrons. The molecule has 0 saturated carbocycles. The number of aliphatic hydroxyl groups is 1. The molecular weight excluding hydrogens is 704 g/mol. The van der Waals surface area contributed by atoms with Crippen LogP contribution in [0, 0.1) is 17.1 Å². The molecule has 11 nitrogen and oxygen atoms in total. The third-order valence-corrected chi connectivity index (χ3v) is 10.6. The summed E-state index contributed by atoms with van der Waals surface area (Å²) in [5.41, 5.74) is 5.88. The number of anilines is 3. The van der Waals surface area contributed by atoms with Gasteiger partial charge in [0.05, 0.1) is 45.1 Å². The summed E-state index contributed by atoms with van der Waals surface area (Å²) in [4.78, 5) is 21.2. The molecule has 268 valence electrons. The largest absolute Gasteiger partial charge is 0.387 e. The van der Waals surface area contributed by atoms with Crippen LogP contribution < -0.4 is 10.6 Å². The Bertz CT molecular complexity index is 2210. The van der Waals surface area contributed by atoms with Crippen LogP contribution in [-0.2, 0) is 17.9 Å². The first-order valence-corrected chi connectivity index (χ1v) is 17.9. The maximum atomic E-state index is 14.0. The molecule has 0 unspecified atom stereocenters. The van der Waals surface area contributed by atoms with Crippen LogP contribution in [0.15, 0.2) is 60.9 Å². The molecule has 7 rings (SSSR count). The number of amides is 1. The summed E-state index contributed by atoms with van der Waals surface area (Å²) in [7, 11) is 0. The summed E-state index contributed by atoms with van der Waals surface area (Å²) in [5.74, 6) is -0.903. The number of pyridine rings is 1. The minimum Gasteiger partial charge on any atom is -0.387 e. The number of hydrogen-bond acceptors (Lipinski definition) is 9. The Morgan fingerprint density at radius 2 is 1.87 bits per heavy atom. The smallest absolute Gasteiger partial charge is 0.248 e. The molecule has 14 heteroatoms. The number of aliphatic hydroxyl groups excluding tert-OH is 1. The maximum absolute atomic E-state index is 14.0. The van der Waals surface area contributed by atoms with Crippen molar-refractivity contribution in [3.8, 4) is 6.07 Å². The van der Waals surface area contributed by atoms with Gasteiger partial charge in [-0.3, -0.25) is 14.7 Å². The van der Waals surface area contributed by atoms with Crippen molar-refractivity contribution in [3.63, 3.8) is 0 Å². The molecule has 0 aliphatic carbocycles. The molecule has 0 spiro atoms. The van der Waals surface area contributed by atoms with E-state index in [0.717, 1.165) is 42.6 Å².